The summed E-state index contributed by atoms with van der Waals surface area (Å²) in [5.41, 5.74) is 1.31. The van der Waals surface area contributed by atoms with Gasteiger partial charge in [0.15, 0.2) is 0 Å². The molecule has 1 atom stereocenters. The van der Waals surface area contributed by atoms with Crippen LogP contribution in [0.3, 0.4) is 0 Å². The smallest absolute Gasteiger partial charge is 0.0598 e. The lowest BCUT2D eigenvalue weighted by Crippen LogP contribution is -2.20. The van der Waals surface area contributed by atoms with Crippen LogP contribution in [-0.4, -0.2) is 24.5 Å². The Hall–Kier alpha value is -0.510. The van der Waals surface area contributed by atoms with Crippen LogP contribution < -0.4 is 5.32 Å². The van der Waals surface area contributed by atoms with Crippen LogP contribution in [-0.2, 0) is 4.74 Å². The molecule has 2 nitrogen and oxygen atoms in total. The van der Waals surface area contributed by atoms with E-state index in [4.69, 9.17) is 4.74 Å². The minimum Gasteiger partial charge on any atom is -0.375 e. The molecule has 0 heterocycles. The third kappa shape index (κ3) is 7.00. The first-order chi connectivity index (χ1) is 8.92. The van der Waals surface area contributed by atoms with Crippen LogP contribution in [0.25, 0.3) is 0 Å². The Bertz CT molecular complexity index is 356. The average Bonchev–Trinajstić information content (AvgIpc) is 2.34. The van der Waals surface area contributed by atoms with Gasteiger partial charge in [-0.1, -0.05) is 19.1 Å². The second-order valence-corrected chi connectivity index (χ2v) is 6.83. The molecule has 0 bridgehead atoms. The van der Waals surface area contributed by atoms with Gasteiger partial charge in [0.1, 0.15) is 0 Å². The molecule has 19 heavy (non-hydrogen) atoms. The van der Waals surface area contributed by atoms with E-state index in [-0.39, 0.29) is 5.60 Å². The van der Waals surface area contributed by atoms with Crippen molar-refractivity contribution in [1.29, 1.82) is 0 Å². The van der Waals surface area contributed by atoms with Crippen LogP contribution in [0, 0.1) is 0 Å². The van der Waals surface area contributed by atoms with Crippen molar-refractivity contribution in [3.63, 3.8) is 0 Å². The molecule has 0 aliphatic heterocycles. The van der Waals surface area contributed by atoms with Crippen molar-refractivity contribution in [2.24, 2.45) is 0 Å². The predicted molar refractivity (Wildman–Crippen MR) is 85.0 cm³/mol. The molecule has 0 spiro atoms. The normalized spacial score (nSPS) is 13.5. The molecule has 1 aromatic carbocycles. The molecule has 0 amide bonds. The Kier molecular flexibility index (Phi) is 6.90. The lowest BCUT2D eigenvalue weighted by molar-refractivity contribution is 0.00695. The quantitative estimate of drug-likeness (QED) is 0.596. The number of hydrogen-bond acceptors (Lipinski definition) is 3. The minimum atomic E-state index is -0.0360. The van der Waals surface area contributed by atoms with Gasteiger partial charge in [-0.15, -0.1) is 11.8 Å². The van der Waals surface area contributed by atoms with Crippen LogP contribution in [0.1, 0.15) is 46.2 Å². The second-order valence-electron chi connectivity index (χ2n) is 5.66. The van der Waals surface area contributed by atoms with E-state index in [9.17, 15) is 0 Å². The standard InChI is InChI=1S/C16H27NOS/c1-6-17-13(2)14-7-9-15(10-8-14)19-12-11-18-16(3,4)5/h7-10,13,17H,6,11-12H2,1-5H3. The van der Waals surface area contributed by atoms with E-state index in [1.807, 2.05) is 11.8 Å². The third-order valence-corrected chi connectivity index (χ3v) is 3.75. The van der Waals surface area contributed by atoms with Gasteiger partial charge in [0, 0.05) is 16.7 Å². The lowest BCUT2D eigenvalue weighted by Gasteiger charge is -2.19. The monoisotopic (exact) mass is 281 g/mol. The van der Waals surface area contributed by atoms with Crippen molar-refractivity contribution in [2.45, 2.75) is 51.2 Å². The highest BCUT2D eigenvalue weighted by atomic mass is 32.2. The summed E-state index contributed by atoms with van der Waals surface area (Å²) in [7, 11) is 0. The Balaban J connectivity index is 2.36. The second kappa shape index (κ2) is 7.93. The Morgan fingerprint density at radius 1 is 1.21 bits per heavy atom. The topological polar surface area (TPSA) is 21.3 Å². The van der Waals surface area contributed by atoms with E-state index in [2.05, 4.69) is 64.2 Å². The third-order valence-electron chi connectivity index (χ3n) is 2.78. The van der Waals surface area contributed by atoms with Gasteiger partial charge in [-0.25, -0.2) is 0 Å². The molecule has 1 rings (SSSR count). The molecule has 0 aliphatic carbocycles. The molecule has 1 aromatic rings. The van der Waals surface area contributed by atoms with Crippen molar-refractivity contribution >= 4 is 11.8 Å². The first-order valence-corrected chi connectivity index (χ1v) is 8.01. The van der Waals surface area contributed by atoms with E-state index in [1.165, 1.54) is 10.5 Å². The zero-order valence-corrected chi connectivity index (χ0v) is 13.6. The largest absolute Gasteiger partial charge is 0.375 e. The average molecular weight is 281 g/mol. The van der Waals surface area contributed by atoms with Crippen molar-refractivity contribution in [1.82, 2.24) is 5.32 Å². The van der Waals surface area contributed by atoms with Gasteiger partial charge in [0.25, 0.3) is 0 Å². The summed E-state index contributed by atoms with van der Waals surface area (Å²) < 4.78 is 5.71. The molecule has 3 heteroatoms. The summed E-state index contributed by atoms with van der Waals surface area (Å²) in [4.78, 5) is 1.31. The van der Waals surface area contributed by atoms with Crippen LogP contribution in [0.2, 0.25) is 0 Å². The van der Waals surface area contributed by atoms with Gasteiger partial charge in [-0.05, 0) is 51.9 Å². The first-order valence-electron chi connectivity index (χ1n) is 7.02. The van der Waals surface area contributed by atoms with Gasteiger partial charge in [0.05, 0.1) is 12.2 Å². The van der Waals surface area contributed by atoms with Crippen molar-refractivity contribution in [3.8, 4) is 0 Å². The summed E-state index contributed by atoms with van der Waals surface area (Å²) in [5, 5.41) is 3.42. The van der Waals surface area contributed by atoms with Crippen molar-refractivity contribution < 1.29 is 4.74 Å². The van der Waals surface area contributed by atoms with Crippen LogP contribution in [0.4, 0.5) is 0 Å². The number of rotatable bonds is 7. The van der Waals surface area contributed by atoms with Gasteiger partial charge in [-0.3, -0.25) is 0 Å². The molecule has 1 unspecified atom stereocenters. The number of thioether (sulfide) groups is 1. The molecule has 0 aliphatic rings. The van der Waals surface area contributed by atoms with E-state index in [0.717, 1.165) is 18.9 Å². The maximum Gasteiger partial charge on any atom is 0.0598 e. The van der Waals surface area contributed by atoms with Gasteiger partial charge in [-0.2, -0.15) is 0 Å². The first kappa shape index (κ1) is 16.5. The Morgan fingerprint density at radius 3 is 2.37 bits per heavy atom. The number of nitrogens with one attached hydrogen (secondary N) is 1. The highest BCUT2D eigenvalue weighted by Gasteiger charge is 2.09. The molecule has 108 valence electrons. The molecule has 0 saturated heterocycles. The zero-order chi connectivity index (χ0) is 14.3. The van der Waals surface area contributed by atoms with Gasteiger partial charge in [0.2, 0.25) is 0 Å². The summed E-state index contributed by atoms with van der Waals surface area (Å²) >= 11 is 1.85. The summed E-state index contributed by atoms with van der Waals surface area (Å²) in [5.74, 6) is 0.999. The molecular formula is C16H27NOS. The molecule has 0 fully saturated rings. The maximum absolute atomic E-state index is 5.71. The fraction of sp³-hybridized carbons (Fsp3) is 0.625. The molecule has 0 radical (unpaired) electrons. The van der Waals surface area contributed by atoms with Crippen molar-refractivity contribution in [2.75, 3.05) is 18.9 Å². The highest BCUT2D eigenvalue weighted by molar-refractivity contribution is 7.99. The highest BCUT2D eigenvalue weighted by Crippen LogP contribution is 2.21. The number of benzene rings is 1. The zero-order valence-electron chi connectivity index (χ0n) is 12.8. The number of ether oxygens (including phenoxy) is 1. The van der Waals surface area contributed by atoms with Crippen LogP contribution in [0.5, 0.6) is 0 Å². The fourth-order valence-corrected chi connectivity index (χ4v) is 2.52. The molecular weight excluding hydrogens is 254 g/mol. The summed E-state index contributed by atoms with van der Waals surface area (Å²) in [6.45, 7) is 12.4. The molecule has 0 aromatic heterocycles. The fourth-order valence-electron chi connectivity index (χ4n) is 1.78. The lowest BCUT2D eigenvalue weighted by atomic mass is 10.1. The van der Waals surface area contributed by atoms with E-state index in [0.29, 0.717) is 6.04 Å². The van der Waals surface area contributed by atoms with Crippen LogP contribution >= 0.6 is 11.8 Å². The molecule has 0 saturated carbocycles. The predicted octanol–water partition coefficient (Wildman–Crippen LogP) is 4.26. The minimum absolute atomic E-state index is 0.0360. The van der Waals surface area contributed by atoms with Crippen LogP contribution in [0.15, 0.2) is 29.2 Å². The maximum atomic E-state index is 5.71. The number of hydrogen-bond donors (Lipinski definition) is 1. The van der Waals surface area contributed by atoms with Crippen molar-refractivity contribution in [3.05, 3.63) is 29.8 Å². The SMILES string of the molecule is CCNC(C)c1ccc(SCCOC(C)(C)C)cc1. The van der Waals surface area contributed by atoms with Gasteiger partial charge < -0.3 is 10.1 Å². The Labute approximate surface area is 122 Å². The van der Waals surface area contributed by atoms with E-state index >= 15 is 0 Å². The summed E-state index contributed by atoms with van der Waals surface area (Å²) in [6, 6.07) is 9.24. The van der Waals surface area contributed by atoms with Gasteiger partial charge >= 0.3 is 0 Å². The Morgan fingerprint density at radius 2 is 1.84 bits per heavy atom. The van der Waals surface area contributed by atoms with E-state index < -0.39 is 0 Å². The molecule has 1 N–H and O–H groups in total. The summed E-state index contributed by atoms with van der Waals surface area (Å²) in [6.07, 6.45) is 0. The van der Waals surface area contributed by atoms with E-state index in [1.54, 1.807) is 0 Å².